The maximum absolute atomic E-state index is 12.8. The first-order chi connectivity index (χ1) is 12.2. The Morgan fingerprint density at radius 2 is 1.96 bits per heavy atom. The molecule has 2 aliphatic rings. The molecular formula is C21H22ClNO2. The Hall–Kier alpha value is -2.00. The maximum atomic E-state index is 12.8. The number of amides is 1. The largest absolute Gasteiger partial charge is 0.497 e. The molecule has 0 aromatic heterocycles. The Balaban J connectivity index is 1.98. The lowest BCUT2D eigenvalue weighted by Gasteiger charge is -2.51. The summed E-state index contributed by atoms with van der Waals surface area (Å²) in [5.41, 5.74) is 4.69. The lowest BCUT2D eigenvalue weighted by molar-refractivity contribution is -0.135. The Labute approximate surface area is 153 Å². The summed E-state index contributed by atoms with van der Waals surface area (Å²) < 4.78 is 5.42. The van der Waals surface area contributed by atoms with Crippen LogP contribution in [-0.2, 0) is 23.2 Å². The van der Waals surface area contributed by atoms with Gasteiger partial charge in [-0.05, 0) is 60.1 Å². The van der Waals surface area contributed by atoms with E-state index < -0.39 is 5.54 Å². The summed E-state index contributed by atoms with van der Waals surface area (Å²) in [6, 6.07) is 14.8. The first-order valence-electron chi connectivity index (χ1n) is 8.83. The SMILES string of the molecule is COc1ccc2c(c1)CCN(C(=O)CCl)C21CCCc2ccccc21. The highest BCUT2D eigenvalue weighted by Crippen LogP contribution is 2.49. The van der Waals surface area contributed by atoms with Crippen molar-refractivity contribution in [1.82, 2.24) is 4.90 Å². The van der Waals surface area contributed by atoms with E-state index in [9.17, 15) is 4.79 Å². The molecule has 4 heteroatoms. The van der Waals surface area contributed by atoms with Gasteiger partial charge in [0.15, 0.2) is 0 Å². The lowest BCUT2D eigenvalue weighted by Crippen LogP contribution is -2.56. The topological polar surface area (TPSA) is 29.5 Å². The number of methoxy groups -OCH3 is 1. The zero-order chi connectivity index (χ0) is 17.4. The summed E-state index contributed by atoms with van der Waals surface area (Å²) in [6.07, 6.45) is 3.89. The second kappa shape index (κ2) is 6.38. The van der Waals surface area contributed by atoms with E-state index in [1.807, 2.05) is 11.0 Å². The number of ether oxygens (including phenoxy) is 1. The first-order valence-corrected chi connectivity index (χ1v) is 9.36. The molecule has 2 aromatic rings. The van der Waals surface area contributed by atoms with E-state index in [0.717, 1.165) is 31.4 Å². The molecule has 0 fully saturated rings. The monoisotopic (exact) mass is 355 g/mol. The van der Waals surface area contributed by atoms with E-state index in [2.05, 4.69) is 36.4 Å². The highest BCUT2D eigenvalue weighted by molar-refractivity contribution is 6.27. The zero-order valence-electron chi connectivity index (χ0n) is 14.4. The third-order valence-corrected chi connectivity index (χ3v) is 5.92. The molecule has 1 heterocycles. The Morgan fingerprint density at radius 3 is 2.76 bits per heavy atom. The molecule has 0 bridgehead atoms. The predicted octanol–water partition coefficient (Wildman–Crippen LogP) is 3.90. The van der Waals surface area contributed by atoms with Gasteiger partial charge in [-0.25, -0.2) is 0 Å². The molecule has 4 rings (SSSR count). The van der Waals surface area contributed by atoms with E-state index in [1.165, 1.54) is 22.3 Å². The molecule has 25 heavy (non-hydrogen) atoms. The molecule has 1 aliphatic heterocycles. The number of halogens is 1. The number of alkyl halides is 1. The summed E-state index contributed by atoms with van der Waals surface area (Å²) in [4.78, 5) is 14.8. The van der Waals surface area contributed by atoms with Gasteiger partial charge in [0.05, 0.1) is 12.6 Å². The normalized spacial score (nSPS) is 21.6. The molecule has 1 spiro atoms. The van der Waals surface area contributed by atoms with Crippen molar-refractivity contribution in [2.45, 2.75) is 31.2 Å². The molecule has 3 nitrogen and oxygen atoms in total. The number of aryl methyl sites for hydroxylation is 1. The van der Waals surface area contributed by atoms with Crippen LogP contribution in [0.1, 0.15) is 35.1 Å². The van der Waals surface area contributed by atoms with Crippen LogP contribution in [0.4, 0.5) is 0 Å². The summed E-state index contributed by atoms with van der Waals surface area (Å²) in [5.74, 6) is 0.907. The zero-order valence-corrected chi connectivity index (χ0v) is 15.2. The van der Waals surface area contributed by atoms with E-state index in [4.69, 9.17) is 16.3 Å². The fraction of sp³-hybridized carbons (Fsp3) is 0.381. The van der Waals surface area contributed by atoms with Gasteiger partial charge in [-0.1, -0.05) is 30.3 Å². The number of benzene rings is 2. The predicted molar refractivity (Wildman–Crippen MR) is 99.3 cm³/mol. The van der Waals surface area contributed by atoms with E-state index in [1.54, 1.807) is 7.11 Å². The second-order valence-electron chi connectivity index (χ2n) is 6.82. The van der Waals surface area contributed by atoms with Gasteiger partial charge in [-0.2, -0.15) is 0 Å². The van der Waals surface area contributed by atoms with Crippen molar-refractivity contribution in [2.24, 2.45) is 0 Å². The number of carbonyl (C=O) groups excluding carboxylic acids is 1. The fourth-order valence-electron chi connectivity index (χ4n) is 4.66. The molecule has 0 saturated heterocycles. The van der Waals surface area contributed by atoms with Gasteiger partial charge >= 0.3 is 0 Å². The third kappa shape index (κ3) is 2.44. The maximum Gasteiger partial charge on any atom is 0.238 e. The highest BCUT2D eigenvalue weighted by Gasteiger charge is 2.48. The lowest BCUT2D eigenvalue weighted by atomic mass is 9.68. The van der Waals surface area contributed by atoms with Crippen molar-refractivity contribution in [2.75, 3.05) is 19.5 Å². The van der Waals surface area contributed by atoms with Crippen LogP contribution in [0.25, 0.3) is 0 Å². The van der Waals surface area contributed by atoms with Gasteiger partial charge in [0.1, 0.15) is 11.6 Å². The molecule has 1 aliphatic carbocycles. The van der Waals surface area contributed by atoms with Crippen molar-refractivity contribution < 1.29 is 9.53 Å². The van der Waals surface area contributed by atoms with Crippen LogP contribution >= 0.6 is 11.6 Å². The second-order valence-corrected chi connectivity index (χ2v) is 7.09. The number of hydrogen-bond donors (Lipinski definition) is 0. The van der Waals surface area contributed by atoms with Gasteiger partial charge in [0, 0.05) is 6.54 Å². The molecule has 1 amide bonds. The van der Waals surface area contributed by atoms with Gasteiger partial charge in [-0.3, -0.25) is 4.79 Å². The molecule has 0 N–H and O–H groups in total. The van der Waals surface area contributed by atoms with Crippen LogP contribution in [0.3, 0.4) is 0 Å². The Bertz CT molecular complexity index is 819. The van der Waals surface area contributed by atoms with Crippen molar-refractivity contribution in [3.8, 4) is 5.75 Å². The van der Waals surface area contributed by atoms with Gasteiger partial charge < -0.3 is 9.64 Å². The number of carbonyl (C=O) groups is 1. The molecule has 1 atom stereocenters. The molecule has 1 unspecified atom stereocenters. The molecule has 130 valence electrons. The minimum absolute atomic E-state index is 0.0137. The van der Waals surface area contributed by atoms with E-state index >= 15 is 0 Å². The molecular weight excluding hydrogens is 334 g/mol. The number of hydrogen-bond acceptors (Lipinski definition) is 2. The van der Waals surface area contributed by atoms with Crippen LogP contribution in [0.2, 0.25) is 0 Å². The van der Waals surface area contributed by atoms with Crippen molar-refractivity contribution >= 4 is 17.5 Å². The number of rotatable bonds is 2. The van der Waals surface area contributed by atoms with Crippen molar-refractivity contribution in [1.29, 1.82) is 0 Å². The highest BCUT2D eigenvalue weighted by atomic mass is 35.5. The number of nitrogens with zero attached hydrogens (tertiary/aromatic N) is 1. The number of fused-ring (bicyclic) bond motifs is 4. The van der Waals surface area contributed by atoms with E-state index in [-0.39, 0.29) is 11.8 Å². The van der Waals surface area contributed by atoms with Crippen molar-refractivity contribution in [3.63, 3.8) is 0 Å². The molecule has 0 saturated carbocycles. The molecule has 2 aromatic carbocycles. The fourth-order valence-corrected chi connectivity index (χ4v) is 4.80. The van der Waals surface area contributed by atoms with Gasteiger partial charge in [0.2, 0.25) is 5.91 Å². The van der Waals surface area contributed by atoms with Crippen LogP contribution in [-0.4, -0.2) is 30.3 Å². The van der Waals surface area contributed by atoms with Gasteiger partial charge in [-0.15, -0.1) is 11.6 Å². The van der Waals surface area contributed by atoms with Crippen molar-refractivity contribution in [3.05, 3.63) is 64.7 Å². The summed E-state index contributed by atoms with van der Waals surface area (Å²) in [6.45, 7) is 0.694. The van der Waals surface area contributed by atoms with Crippen LogP contribution in [0.15, 0.2) is 42.5 Å². The third-order valence-electron chi connectivity index (χ3n) is 5.69. The van der Waals surface area contributed by atoms with Crippen LogP contribution in [0, 0.1) is 0 Å². The average molecular weight is 356 g/mol. The van der Waals surface area contributed by atoms with E-state index in [0.29, 0.717) is 6.54 Å². The summed E-state index contributed by atoms with van der Waals surface area (Å²) in [5, 5.41) is 0. The quantitative estimate of drug-likeness (QED) is 0.765. The Kier molecular flexibility index (Phi) is 4.20. The summed E-state index contributed by atoms with van der Waals surface area (Å²) in [7, 11) is 1.69. The standard InChI is InChI=1S/C21H22ClNO2/c1-25-17-8-9-19-16(13-17)10-12-23(20(24)14-22)21(19)11-4-6-15-5-2-3-7-18(15)21/h2-3,5,7-9,13H,4,6,10-12,14H2,1H3. The minimum Gasteiger partial charge on any atom is -0.497 e. The minimum atomic E-state index is -0.402. The van der Waals surface area contributed by atoms with Crippen LogP contribution in [0.5, 0.6) is 5.75 Å². The van der Waals surface area contributed by atoms with Gasteiger partial charge in [0.25, 0.3) is 0 Å². The first kappa shape index (κ1) is 16.5. The average Bonchev–Trinajstić information content (AvgIpc) is 2.67. The smallest absolute Gasteiger partial charge is 0.238 e. The summed E-state index contributed by atoms with van der Waals surface area (Å²) >= 11 is 5.98. The Morgan fingerprint density at radius 1 is 1.16 bits per heavy atom. The molecule has 0 radical (unpaired) electrons. The van der Waals surface area contributed by atoms with Crippen LogP contribution < -0.4 is 4.74 Å².